The van der Waals surface area contributed by atoms with E-state index in [1.807, 2.05) is 13.8 Å². The summed E-state index contributed by atoms with van der Waals surface area (Å²) in [6.07, 6.45) is 0. The molecule has 1 aliphatic heterocycles. The second kappa shape index (κ2) is 2.03. The van der Waals surface area contributed by atoms with Gasteiger partial charge in [-0.05, 0) is 13.8 Å². The average molecular weight is 115 g/mol. The SMILES string of the molecule is CC1(C)[CH]OCCO1. The van der Waals surface area contributed by atoms with Crippen LogP contribution in [0.25, 0.3) is 0 Å². The normalized spacial score (nSPS) is 27.8. The molecule has 1 heterocycles. The van der Waals surface area contributed by atoms with E-state index in [0.717, 1.165) is 0 Å². The van der Waals surface area contributed by atoms with Crippen molar-refractivity contribution < 1.29 is 9.47 Å². The molecule has 2 nitrogen and oxygen atoms in total. The lowest BCUT2D eigenvalue weighted by Gasteiger charge is -2.28. The molecule has 0 bridgehead atoms. The van der Waals surface area contributed by atoms with Crippen LogP contribution in [0.2, 0.25) is 0 Å². The van der Waals surface area contributed by atoms with Gasteiger partial charge in [-0.3, -0.25) is 0 Å². The van der Waals surface area contributed by atoms with E-state index in [1.54, 1.807) is 6.61 Å². The van der Waals surface area contributed by atoms with Gasteiger partial charge in [0.2, 0.25) is 0 Å². The van der Waals surface area contributed by atoms with Crippen molar-refractivity contribution in [3.8, 4) is 0 Å². The molecule has 2 heteroatoms. The van der Waals surface area contributed by atoms with Gasteiger partial charge >= 0.3 is 0 Å². The van der Waals surface area contributed by atoms with Crippen molar-refractivity contribution in [2.24, 2.45) is 0 Å². The zero-order valence-corrected chi connectivity index (χ0v) is 5.31. The van der Waals surface area contributed by atoms with Gasteiger partial charge in [0.15, 0.2) is 0 Å². The van der Waals surface area contributed by atoms with Gasteiger partial charge in [-0.2, -0.15) is 0 Å². The standard InChI is InChI=1S/C6H11O2/c1-6(2)5-7-3-4-8-6/h5H,3-4H2,1-2H3. The molecule has 0 aromatic heterocycles. The lowest BCUT2D eigenvalue weighted by molar-refractivity contribution is -0.0997. The molecule has 0 N–H and O–H groups in total. The highest BCUT2D eigenvalue weighted by Gasteiger charge is 2.22. The van der Waals surface area contributed by atoms with E-state index in [1.165, 1.54) is 0 Å². The van der Waals surface area contributed by atoms with Crippen LogP contribution in [0.15, 0.2) is 0 Å². The van der Waals surface area contributed by atoms with Crippen molar-refractivity contribution in [1.82, 2.24) is 0 Å². The molecule has 1 radical (unpaired) electrons. The third-order valence-corrected chi connectivity index (χ3v) is 1.04. The van der Waals surface area contributed by atoms with Crippen molar-refractivity contribution >= 4 is 0 Å². The highest BCUT2D eigenvalue weighted by atomic mass is 16.6. The first-order chi connectivity index (χ1) is 3.71. The van der Waals surface area contributed by atoms with Crippen LogP contribution < -0.4 is 0 Å². The van der Waals surface area contributed by atoms with Crippen LogP contribution in [0.3, 0.4) is 0 Å². The zero-order chi connectivity index (χ0) is 6.04. The van der Waals surface area contributed by atoms with Crippen LogP contribution >= 0.6 is 0 Å². The second-order valence-electron chi connectivity index (χ2n) is 2.44. The highest BCUT2D eigenvalue weighted by molar-refractivity contribution is 4.80. The van der Waals surface area contributed by atoms with Crippen molar-refractivity contribution in [2.75, 3.05) is 13.2 Å². The predicted octanol–water partition coefficient (Wildman–Crippen LogP) is 0.974. The summed E-state index contributed by atoms with van der Waals surface area (Å²) in [5.41, 5.74) is -0.168. The Bertz CT molecular complexity index is 70.6. The first kappa shape index (κ1) is 6.05. The van der Waals surface area contributed by atoms with Crippen LogP contribution in [-0.4, -0.2) is 18.8 Å². The molecule has 0 unspecified atom stereocenters. The maximum absolute atomic E-state index is 5.28. The molecule has 1 fully saturated rings. The van der Waals surface area contributed by atoms with Crippen molar-refractivity contribution in [1.29, 1.82) is 0 Å². The molecule has 1 saturated heterocycles. The fraction of sp³-hybridized carbons (Fsp3) is 0.833. The molecule has 1 rings (SSSR count). The Morgan fingerprint density at radius 2 is 2.12 bits per heavy atom. The molecule has 0 saturated carbocycles. The van der Waals surface area contributed by atoms with E-state index in [9.17, 15) is 0 Å². The minimum atomic E-state index is -0.168. The molecular formula is C6H11O2. The second-order valence-corrected chi connectivity index (χ2v) is 2.44. The monoisotopic (exact) mass is 115 g/mol. The van der Waals surface area contributed by atoms with E-state index < -0.39 is 0 Å². The Labute approximate surface area is 49.8 Å². The fourth-order valence-electron chi connectivity index (χ4n) is 0.646. The van der Waals surface area contributed by atoms with Gasteiger partial charge < -0.3 is 9.47 Å². The minimum absolute atomic E-state index is 0.168. The lowest BCUT2D eigenvalue weighted by Crippen LogP contribution is -2.32. The molecule has 1 aliphatic rings. The predicted molar refractivity (Wildman–Crippen MR) is 30.3 cm³/mol. The largest absolute Gasteiger partial charge is 0.370 e. The summed E-state index contributed by atoms with van der Waals surface area (Å²) in [7, 11) is 0. The molecular weight excluding hydrogens is 104 g/mol. The summed E-state index contributed by atoms with van der Waals surface area (Å²) in [5.74, 6) is 0. The zero-order valence-electron chi connectivity index (χ0n) is 5.31. The van der Waals surface area contributed by atoms with E-state index in [4.69, 9.17) is 9.47 Å². The Hall–Kier alpha value is -0.0800. The average Bonchev–Trinajstić information content (AvgIpc) is 1.65. The van der Waals surface area contributed by atoms with E-state index in [-0.39, 0.29) is 5.60 Å². The summed E-state index contributed by atoms with van der Waals surface area (Å²) in [6, 6.07) is 0. The van der Waals surface area contributed by atoms with Gasteiger partial charge in [-0.15, -0.1) is 0 Å². The summed E-state index contributed by atoms with van der Waals surface area (Å²) in [4.78, 5) is 0. The molecule has 0 aromatic rings. The van der Waals surface area contributed by atoms with Crippen molar-refractivity contribution in [3.63, 3.8) is 0 Å². The maximum Gasteiger partial charge on any atom is 0.115 e. The van der Waals surface area contributed by atoms with Gasteiger partial charge in [-0.1, -0.05) is 0 Å². The van der Waals surface area contributed by atoms with Gasteiger partial charge in [0.05, 0.1) is 18.8 Å². The lowest BCUT2D eigenvalue weighted by atomic mass is 10.1. The number of rotatable bonds is 0. The van der Waals surface area contributed by atoms with E-state index in [2.05, 4.69) is 0 Å². The first-order valence-electron chi connectivity index (χ1n) is 2.81. The van der Waals surface area contributed by atoms with Crippen LogP contribution in [0.5, 0.6) is 0 Å². The van der Waals surface area contributed by atoms with Crippen LogP contribution in [-0.2, 0) is 9.47 Å². The molecule has 0 spiro atoms. The summed E-state index contributed by atoms with van der Waals surface area (Å²) < 4.78 is 10.3. The maximum atomic E-state index is 5.28. The Morgan fingerprint density at radius 3 is 2.38 bits per heavy atom. The summed E-state index contributed by atoms with van der Waals surface area (Å²) in [5, 5.41) is 0. The smallest absolute Gasteiger partial charge is 0.115 e. The van der Waals surface area contributed by atoms with Crippen LogP contribution in [0, 0.1) is 6.61 Å². The van der Waals surface area contributed by atoms with Gasteiger partial charge in [0, 0.05) is 0 Å². The number of hydrogen-bond donors (Lipinski definition) is 0. The molecule has 0 atom stereocenters. The third-order valence-electron chi connectivity index (χ3n) is 1.04. The molecule has 0 aromatic carbocycles. The van der Waals surface area contributed by atoms with Crippen molar-refractivity contribution in [2.45, 2.75) is 19.4 Å². The van der Waals surface area contributed by atoms with Crippen molar-refractivity contribution in [3.05, 3.63) is 6.61 Å². The van der Waals surface area contributed by atoms with Gasteiger partial charge in [0.25, 0.3) is 0 Å². The fourth-order valence-corrected chi connectivity index (χ4v) is 0.646. The number of ether oxygens (including phenoxy) is 2. The molecule has 8 heavy (non-hydrogen) atoms. The topological polar surface area (TPSA) is 18.5 Å². The van der Waals surface area contributed by atoms with Gasteiger partial charge in [0.1, 0.15) is 6.61 Å². The van der Waals surface area contributed by atoms with Crippen LogP contribution in [0.1, 0.15) is 13.8 Å². The minimum Gasteiger partial charge on any atom is -0.370 e. The Kier molecular flexibility index (Phi) is 1.54. The van der Waals surface area contributed by atoms with E-state index >= 15 is 0 Å². The van der Waals surface area contributed by atoms with E-state index in [0.29, 0.717) is 13.2 Å². The Balaban J connectivity index is 2.33. The van der Waals surface area contributed by atoms with Crippen LogP contribution in [0.4, 0.5) is 0 Å². The quantitative estimate of drug-likeness (QED) is 0.468. The third kappa shape index (κ3) is 1.46. The highest BCUT2D eigenvalue weighted by Crippen LogP contribution is 2.16. The molecule has 0 aliphatic carbocycles. The summed E-state index contributed by atoms with van der Waals surface area (Å²) in [6.45, 7) is 7.10. The Morgan fingerprint density at radius 1 is 1.38 bits per heavy atom. The molecule has 47 valence electrons. The summed E-state index contributed by atoms with van der Waals surface area (Å²) >= 11 is 0. The van der Waals surface area contributed by atoms with Gasteiger partial charge in [-0.25, -0.2) is 0 Å². The molecule has 0 amide bonds. The first-order valence-corrected chi connectivity index (χ1v) is 2.81. The number of hydrogen-bond acceptors (Lipinski definition) is 2.